The van der Waals surface area contributed by atoms with Gasteiger partial charge in [-0.2, -0.15) is 15.0 Å². The number of nitrogens with zero attached hydrogens (tertiary/aromatic N) is 3. The van der Waals surface area contributed by atoms with E-state index in [9.17, 15) is 0 Å². The molecule has 96 valence electrons. The first-order valence-electron chi connectivity index (χ1n) is 6.53. The molecule has 18 heavy (non-hydrogen) atoms. The average molecular weight is 244 g/mol. The molecule has 0 bridgehead atoms. The molecule has 0 radical (unpaired) electrons. The molecule has 0 unspecified atom stereocenters. The van der Waals surface area contributed by atoms with Crippen molar-refractivity contribution in [2.75, 3.05) is 0 Å². The number of benzene rings is 1. The summed E-state index contributed by atoms with van der Waals surface area (Å²) in [4.78, 5) is 1.67. The summed E-state index contributed by atoms with van der Waals surface area (Å²) in [6, 6.07) is 10.5. The van der Waals surface area contributed by atoms with Crippen molar-refractivity contribution in [1.29, 1.82) is 0 Å². The Hall–Kier alpha value is -1.68. The Labute approximate surface area is 108 Å². The van der Waals surface area contributed by atoms with Gasteiger partial charge in [0.25, 0.3) is 0 Å². The van der Waals surface area contributed by atoms with Crippen LogP contribution in [-0.4, -0.2) is 21.0 Å². The molecule has 0 aliphatic rings. The zero-order valence-electron chi connectivity index (χ0n) is 11.0. The minimum Gasteiger partial charge on any atom is -0.308 e. The second kappa shape index (κ2) is 6.31. The van der Waals surface area contributed by atoms with E-state index in [1.165, 1.54) is 0 Å². The molecule has 0 atom stereocenters. The van der Waals surface area contributed by atoms with Crippen LogP contribution in [0.5, 0.6) is 0 Å². The van der Waals surface area contributed by atoms with E-state index in [1.54, 1.807) is 4.80 Å². The van der Waals surface area contributed by atoms with Crippen LogP contribution in [0.3, 0.4) is 0 Å². The second-order valence-corrected chi connectivity index (χ2v) is 4.36. The van der Waals surface area contributed by atoms with Gasteiger partial charge < -0.3 is 5.32 Å². The molecule has 0 amide bonds. The van der Waals surface area contributed by atoms with Crippen LogP contribution in [0, 0.1) is 0 Å². The SMILES string of the molecule is CCC(CC)NCc1cnn(-c2ccccc2)n1. The maximum atomic E-state index is 4.46. The lowest BCUT2D eigenvalue weighted by Crippen LogP contribution is -2.27. The first-order chi connectivity index (χ1) is 8.83. The molecule has 1 heterocycles. The van der Waals surface area contributed by atoms with E-state index in [0.29, 0.717) is 6.04 Å². The first-order valence-corrected chi connectivity index (χ1v) is 6.53. The summed E-state index contributed by atoms with van der Waals surface area (Å²) in [6.07, 6.45) is 4.11. The lowest BCUT2D eigenvalue weighted by atomic mass is 10.2. The summed E-state index contributed by atoms with van der Waals surface area (Å²) in [5.74, 6) is 0. The molecule has 4 heteroatoms. The molecule has 2 aromatic rings. The Balaban J connectivity index is 1.98. The Morgan fingerprint density at radius 1 is 1.17 bits per heavy atom. The lowest BCUT2D eigenvalue weighted by Gasteiger charge is -2.12. The molecule has 0 saturated carbocycles. The van der Waals surface area contributed by atoms with Crippen LogP contribution >= 0.6 is 0 Å². The quantitative estimate of drug-likeness (QED) is 0.849. The number of rotatable bonds is 6. The maximum absolute atomic E-state index is 4.46. The highest BCUT2D eigenvalue weighted by Gasteiger charge is 2.05. The van der Waals surface area contributed by atoms with E-state index >= 15 is 0 Å². The Bertz CT molecular complexity index is 460. The van der Waals surface area contributed by atoms with Crippen molar-refractivity contribution in [2.45, 2.75) is 39.3 Å². The molecule has 1 aromatic carbocycles. The molecule has 0 fully saturated rings. The van der Waals surface area contributed by atoms with E-state index in [4.69, 9.17) is 0 Å². The predicted octanol–water partition coefficient (Wildman–Crippen LogP) is 2.55. The zero-order chi connectivity index (χ0) is 12.8. The van der Waals surface area contributed by atoms with E-state index in [0.717, 1.165) is 30.8 Å². The molecule has 4 nitrogen and oxygen atoms in total. The van der Waals surface area contributed by atoms with E-state index in [-0.39, 0.29) is 0 Å². The molecule has 0 aliphatic carbocycles. The van der Waals surface area contributed by atoms with Crippen molar-refractivity contribution in [3.63, 3.8) is 0 Å². The molecule has 0 saturated heterocycles. The molecule has 1 N–H and O–H groups in total. The van der Waals surface area contributed by atoms with Crippen molar-refractivity contribution in [2.24, 2.45) is 0 Å². The third-order valence-corrected chi connectivity index (χ3v) is 3.08. The summed E-state index contributed by atoms with van der Waals surface area (Å²) in [6.45, 7) is 5.17. The molecular weight excluding hydrogens is 224 g/mol. The van der Waals surface area contributed by atoms with Crippen molar-refractivity contribution in [1.82, 2.24) is 20.3 Å². The van der Waals surface area contributed by atoms with Gasteiger partial charge in [-0.05, 0) is 25.0 Å². The molecule has 0 spiro atoms. The number of hydrogen-bond acceptors (Lipinski definition) is 3. The van der Waals surface area contributed by atoms with Crippen LogP contribution in [0.4, 0.5) is 0 Å². The minimum absolute atomic E-state index is 0.562. The van der Waals surface area contributed by atoms with Gasteiger partial charge in [0, 0.05) is 12.6 Å². The normalized spacial score (nSPS) is 11.1. The van der Waals surface area contributed by atoms with Crippen LogP contribution in [0.2, 0.25) is 0 Å². The van der Waals surface area contributed by atoms with Gasteiger partial charge in [0.1, 0.15) is 0 Å². The van der Waals surface area contributed by atoms with Crippen molar-refractivity contribution in [3.8, 4) is 5.69 Å². The highest BCUT2D eigenvalue weighted by molar-refractivity contribution is 5.28. The second-order valence-electron chi connectivity index (χ2n) is 4.36. The van der Waals surface area contributed by atoms with Crippen LogP contribution in [0.15, 0.2) is 36.5 Å². The number of hydrogen-bond donors (Lipinski definition) is 1. The van der Waals surface area contributed by atoms with Crippen molar-refractivity contribution >= 4 is 0 Å². The van der Waals surface area contributed by atoms with Gasteiger partial charge in [-0.1, -0.05) is 32.0 Å². The summed E-state index contributed by atoms with van der Waals surface area (Å²) >= 11 is 0. The van der Waals surface area contributed by atoms with Crippen LogP contribution < -0.4 is 5.32 Å². The number of aromatic nitrogens is 3. The first kappa shape index (κ1) is 12.8. The van der Waals surface area contributed by atoms with Crippen LogP contribution in [0.1, 0.15) is 32.4 Å². The zero-order valence-corrected chi connectivity index (χ0v) is 11.0. The fourth-order valence-corrected chi connectivity index (χ4v) is 1.89. The van der Waals surface area contributed by atoms with Gasteiger partial charge in [-0.3, -0.25) is 0 Å². The van der Waals surface area contributed by atoms with E-state index in [1.807, 2.05) is 36.5 Å². The third kappa shape index (κ3) is 3.17. The maximum Gasteiger partial charge on any atom is 0.0969 e. The highest BCUT2D eigenvalue weighted by atomic mass is 15.5. The van der Waals surface area contributed by atoms with Gasteiger partial charge in [-0.25, -0.2) is 0 Å². The summed E-state index contributed by atoms with van der Waals surface area (Å²) in [5.41, 5.74) is 1.97. The smallest absolute Gasteiger partial charge is 0.0969 e. The van der Waals surface area contributed by atoms with Gasteiger partial charge >= 0.3 is 0 Å². The summed E-state index contributed by atoms with van der Waals surface area (Å²) in [7, 11) is 0. The fourth-order valence-electron chi connectivity index (χ4n) is 1.89. The number of nitrogens with one attached hydrogen (secondary N) is 1. The van der Waals surface area contributed by atoms with Crippen LogP contribution in [0.25, 0.3) is 5.69 Å². The van der Waals surface area contributed by atoms with E-state index < -0.39 is 0 Å². The predicted molar refractivity (Wildman–Crippen MR) is 72.6 cm³/mol. The largest absolute Gasteiger partial charge is 0.308 e. The fraction of sp³-hybridized carbons (Fsp3) is 0.429. The molecule has 1 aromatic heterocycles. The molecule has 0 aliphatic heterocycles. The van der Waals surface area contributed by atoms with E-state index in [2.05, 4.69) is 29.4 Å². The van der Waals surface area contributed by atoms with Crippen molar-refractivity contribution in [3.05, 3.63) is 42.2 Å². The topological polar surface area (TPSA) is 42.7 Å². The Morgan fingerprint density at radius 2 is 1.89 bits per heavy atom. The highest BCUT2D eigenvalue weighted by Crippen LogP contribution is 2.05. The number of para-hydroxylation sites is 1. The average Bonchev–Trinajstić information content (AvgIpc) is 2.90. The van der Waals surface area contributed by atoms with Crippen LogP contribution in [-0.2, 0) is 6.54 Å². The minimum atomic E-state index is 0.562. The summed E-state index contributed by atoms with van der Waals surface area (Å²) < 4.78 is 0. The van der Waals surface area contributed by atoms with Gasteiger partial charge in [-0.15, -0.1) is 0 Å². The monoisotopic (exact) mass is 244 g/mol. The lowest BCUT2D eigenvalue weighted by molar-refractivity contribution is 0.479. The van der Waals surface area contributed by atoms with Crippen molar-refractivity contribution < 1.29 is 0 Å². The van der Waals surface area contributed by atoms with Gasteiger partial charge in [0.15, 0.2) is 0 Å². The molecule has 2 rings (SSSR count). The molecular formula is C14H20N4. The summed E-state index contributed by atoms with van der Waals surface area (Å²) in [5, 5.41) is 12.2. The Kier molecular flexibility index (Phi) is 4.47. The standard InChI is InChI=1S/C14H20N4/c1-3-12(4-2)15-10-13-11-16-18(17-13)14-8-6-5-7-9-14/h5-9,11-12,15H,3-4,10H2,1-2H3. The third-order valence-electron chi connectivity index (χ3n) is 3.08. The van der Waals surface area contributed by atoms with Gasteiger partial charge in [0.05, 0.1) is 17.6 Å². The van der Waals surface area contributed by atoms with Gasteiger partial charge in [0.2, 0.25) is 0 Å². The Morgan fingerprint density at radius 3 is 2.56 bits per heavy atom.